The summed E-state index contributed by atoms with van der Waals surface area (Å²) in [4.78, 5) is 38.9. The van der Waals surface area contributed by atoms with E-state index in [1.807, 2.05) is 19.9 Å². The van der Waals surface area contributed by atoms with Crippen LogP contribution in [0.25, 0.3) is 6.08 Å². The van der Waals surface area contributed by atoms with Gasteiger partial charge in [-0.25, -0.2) is 9.69 Å². The standard InChI is InChI=1S/C23H21ClN2O5/c1-5-6-31-20-18(24)11-15(12-19(20)30-4)10-17-21(27)25-23(29)26(22(17)28)16-8-13(2)7-14(3)9-16/h5,7-12H,1,6H2,2-4H3,(H,25,27,29). The number of imide groups is 2. The van der Waals surface area contributed by atoms with Crippen molar-refractivity contribution in [3.63, 3.8) is 0 Å². The molecule has 2 aromatic rings. The fraction of sp³-hybridized carbons (Fsp3) is 0.174. The minimum atomic E-state index is -0.805. The summed E-state index contributed by atoms with van der Waals surface area (Å²) >= 11 is 6.30. The van der Waals surface area contributed by atoms with Gasteiger partial charge in [-0.2, -0.15) is 0 Å². The van der Waals surface area contributed by atoms with E-state index in [9.17, 15) is 14.4 Å². The summed E-state index contributed by atoms with van der Waals surface area (Å²) in [6.45, 7) is 7.53. The van der Waals surface area contributed by atoms with Crippen molar-refractivity contribution in [1.29, 1.82) is 0 Å². The number of carbonyl (C=O) groups excluding carboxylic acids is 3. The third-order valence-corrected chi connectivity index (χ3v) is 4.76. The van der Waals surface area contributed by atoms with Crippen LogP contribution >= 0.6 is 11.6 Å². The number of rotatable bonds is 6. The number of halogens is 1. The summed E-state index contributed by atoms with van der Waals surface area (Å²) in [5.74, 6) is -0.886. The Morgan fingerprint density at radius 2 is 1.77 bits per heavy atom. The maximum atomic E-state index is 13.1. The van der Waals surface area contributed by atoms with Crippen molar-refractivity contribution in [3.05, 3.63) is 70.3 Å². The van der Waals surface area contributed by atoms with Crippen molar-refractivity contribution >= 4 is 41.2 Å². The van der Waals surface area contributed by atoms with Crippen LogP contribution in [0.4, 0.5) is 10.5 Å². The van der Waals surface area contributed by atoms with Crippen molar-refractivity contribution in [1.82, 2.24) is 5.32 Å². The molecular weight excluding hydrogens is 420 g/mol. The number of nitrogens with zero attached hydrogens (tertiary/aromatic N) is 1. The number of urea groups is 1. The number of barbiturate groups is 1. The highest BCUT2D eigenvalue weighted by Crippen LogP contribution is 2.37. The zero-order chi connectivity index (χ0) is 22.7. The van der Waals surface area contributed by atoms with Gasteiger partial charge in [-0.3, -0.25) is 14.9 Å². The van der Waals surface area contributed by atoms with Gasteiger partial charge < -0.3 is 9.47 Å². The van der Waals surface area contributed by atoms with Gasteiger partial charge in [-0.05, 0) is 60.9 Å². The molecule has 1 heterocycles. The summed E-state index contributed by atoms with van der Waals surface area (Å²) in [7, 11) is 1.45. The van der Waals surface area contributed by atoms with Gasteiger partial charge in [0, 0.05) is 0 Å². The van der Waals surface area contributed by atoms with E-state index in [0.717, 1.165) is 16.0 Å². The number of nitrogens with one attached hydrogen (secondary N) is 1. The summed E-state index contributed by atoms with van der Waals surface area (Å²) in [5.41, 5.74) is 2.36. The fourth-order valence-corrected chi connectivity index (χ4v) is 3.52. The average Bonchev–Trinajstić information content (AvgIpc) is 2.69. The Hall–Kier alpha value is -3.58. The number of aryl methyl sites for hydroxylation is 2. The normalized spacial score (nSPS) is 15.2. The van der Waals surface area contributed by atoms with Gasteiger partial charge >= 0.3 is 6.03 Å². The predicted octanol–water partition coefficient (Wildman–Crippen LogP) is 4.20. The van der Waals surface area contributed by atoms with Gasteiger partial charge in [0.25, 0.3) is 11.8 Å². The molecule has 160 valence electrons. The Balaban J connectivity index is 2.04. The second-order valence-corrected chi connectivity index (χ2v) is 7.34. The minimum absolute atomic E-state index is 0.211. The highest BCUT2D eigenvalue weighted by atomic mass is 35.5. The first-order valence-electron chi connectivity index (χ1n) is 9.36. The highest BCUT2D eigenvalue weighted by Gasteiger charge is 2.37. The number of ether oxygens (including phenoxy) is 2. The van der Waals surface area contributed by atoms with E-state index in [2.05, 4.69) is 11.9 Å². The topological polar surface area (TPSA) is 84.9 Å². The minimum Gasteiger partial charge on any atom is -0.493 e. The number of carbonyl (C=O) groups is 3. The molecule has 8 heteroatoms. The number of hydrogen-bond acceptors (Lipinski definition) is 5. The van der Waals surface area contributed by atoms with Gasteiger partial charge in [-0.15, -0.1) is 0 Å². The zero-order valence-electron chi connectivity index (χ0n) is 17.3. The summed E-state index contributed by atoms with van der Waals surface area (Å²) in [6, 6.07) is 7.62. The lowest BCUT2D eigenvalue weighted by molar-refractivity contribution is -0.122. The van der Waals surface area contributed by atoms with Gasteiger partial charge in [0.2, 0.25) is 0 Å². The number of amides is 4. The molecule has 2 aromatic carbocycles. The van der Waals surface area contributed by atoms with E-state index in [1.54, 1.807) is 24.3 Å². The van der Waals surface area contributed by atoms with E-state index in [0.29, 0.717) is 22.7 Å². The first-order chi connectivity index (χ1) is 14.7. The van der Waals surface area contributed by atoms with E-state index in [1.165, 1.54) is 19.3 Å². The molecule has 0 atom stereocenters. The van der Waals surface area contributed by atoms with Crippen LogP contribution in [0.3, 0.4) is 0 Å². The molecule has 7 nitrogen and oxygen atoms in total. The number of anilines is 1. The van der Waals surface area contributed by atoms with Crippen LogP contribution < -0.4 is 19.7 Å². The third kappa shape index (κ3) is 4.62. The van der Waals surface area contributed by atoms with Crippen LogP contribution in [0.15, 0.2) is 48.6 Å². The molecule has 1 aliphatic rings. The second-order valence-electron chi connectivity index (χ2n) is 6.94. The van der Waals surface area contributed by atoms with Crippen LogP contribution in [0.2, 0.25) is 5.02 Å². The lowest BCUT2D eigenvalue weighted by Gasteiger charge is -2.27. The number of benzene rings is 2. The molecule has 0 unspecified atom stereocenters. The number of hydrogen-bond donors (Lipinski definition) is 1. The van der Waals surface area contributed by atoms with Crippen molar-refractivity contribution in [2.24, 2.45) is 0 Å². The highest BCUT2D eigenvalue weighted by molar-refractivity contribution is 6.39. The first kappa shape index (κ1) is 22.1. The largest absolute Gasteiger partial charge is 0.493 e. The van der Waals surface area contributed by atoms with Gasteiger partial charge in [0.05, 0.1) is 17.8 Å². The maximum Gasteiger partial charge on any atom is 0.335 e. The first-order valence-corrected chi connectivity index (χ1v) is 9.74. The number of methoxy groups -OCH3 is 1. The van der Waals surface area contributed by atoms with Crippen molar-refractivity contribution in [3.8, 4) is 11.5 Å². The van der Waals surface area contributed by atoms with Gasteiger partial charge in [0.15, 0.2) is 11.5 Å². The van der Waals surface area contributed by atoms with Crippen LogP contribution in [0, 0.1) is 13.8 Å². The molecule has 1 fully saturated rings. The van der Waals surface area contributed by atoms with E-state index in [-0.39, 0.29) is 17.2 Å². The monoisotopic (exact) mass is 440 g/mol. The fourth-order valence-electron chi connectivity index (χ4n) is 3.24. The molecule has 31 heavy (non-hydrogen) atoms. The lowest BCUT2D eigenvalue weighted by atomic mass is 10.0. The Bertz CT molecular complexity index is 1100. The van der Waals surface area contributed by atoms with Crippen molar-refractivity contribution in [2.45, 2.75) is 13.8 Å². The Kier molecular flexibility index (Phi) is 6.46. The molecule has 0 spiro atoms. The lowest BCUT2D eigenvalue weighted by Crippen LogP contribution is -2.54. The maximum absolute atomic E-state index is 13.1. The van der Waals surface area contributed by atoms with Crippen molar-refractivity contribution < 1.29 is 23.9 Å². The zero-order valence-corrected chi connectivity index (χ0v) is 18.1. The third-order valence-electron chi connectivity index (χ3n) is 4.47. The van der Waals surface area contributed by atoms with E-state index in [4.69, 9.17) is 21.1 Å². The second kappa shape index (κ2) is 9.06. The van der Waals surface area contributed by atoms with Crippen LogP contribution in [-0.4, -0.2) is 31.6 Å². The summed E-state index contributed by atoms with van der Waals surface area (Å²) in [5, 5.41) is 2.44. The molecule has 4 amide bonds. The molecule has 0 bridgehead atoms. The SMILES string of the molecule is C=CCOc1c(Cl)cc(C=C2C(=O)NC(=O)N(c3cc(C)cc(C)c3)C2=O)cc1OC. The molecule has 3 rings (SSSR count). The molecule has 0 saturated carbocycles. The smallest absolute Gasteiger partial charge is 0.335 e. The van der Waals surface area contributed by atoms with Gasteiger partial charge in [-0.1, -0.05) is 30.3 Å². The molecule has 1 N–H and O–H groups in total. The van der Waals surface area contributed by atoms with E-state index < -0.39 is 17.8 Å². The van der Waals surface area contributed by atoms with Crippen molar-refractivity contribution in [2.75, 3.05) is 18.6 Å². The molecule has 1 saturated heterocycles. The Labute approximate surface area is 184 Å². The van der Waals surface area contributed by atoms with E-state index >= 15 is 0 Å². The molecule has 0 aromatic heterocycles. The van der Waals surface area contributed by atoms with Crippen LogP contribution in [0.5, 0.6) is 11.5 Å². The average molecular weight is 441 g/mol. The van der Waals surface area contributed by atoms with Crippen LogP contribution in [-0.2, 0) is 9.59 Å². The van der Waals surface area contributed by atoms with Crippen LogP contribution in [0.1, 0.15) is 16.7 Å². The van der Waals surface area contributed by atoms with Gasteiger partial charge in [0.1, 0.15) is 12.2 Å². The quantitative estimate of drug-likeness (QED) is 0.413. The molecule has 0 radical (unpaired) electrons. The summed E-state index contributed by atoms with van der Waals surface area (Å²) < 4.78 is 10.8. The molecule has 1 aliphatic heterocycles. The Morgan fingerprint density at radius 3 is 2.39 bits per heavy atom. The molecular formula is C23H21ClN2O5. The Morgan fingerprint density at radius 1 is 1.10 bits per heavy atom. The molecule has 0 aliphatic carbocycles. The predicted molar refractivity (Wildman–Crippen MR) is 119 cm³/mol. The summed E-state index contributed by atoms with van der Waals surface area (Å²) in [6.07, 6.45) is 2.92.